The molecule has 2 aliphatic carbocycles. The van der Waals surface area contributed by atoms with Crippen LogP contribution in [0.25, 0.3) is 56.7 Å². The summed E-state index contributed by atoms with van der Waals surface area (Å²) in [4.78, 5) is 0. The van der Waals surface area contributed by atoms with Crippen molar-refractivity contribution in [1.29, 1.82) is 0 Å². The molecule has 0 aromatic heterocycles. The van der Waals surface area contributed by atoms with Gasteiger partial charge < -0.3 is 0 Å². The van der Waals surface area contributed by atoms with Crippen LogP contribution >= 0.6 is 0 Å². The quantitative estimate of drug-likeness (QED) is 0.151. The van der Waals surface area contributed by atoms with Crippen LogP contribution in [0.4, 0.5) is 0 Å². The molecule has 0 aliphatic heterocycles. The van der Waals surface area contributed by atoms with Crippen LogP contribution in [0.15, 0.2) is 231 Å². The molecule has 10 aromatic rings. The maximum absolute atomic E-state index is 2.34. The third-order valence-electron chi connectivity index (χ3n) is 14.6. The van der Waals surface area contributed by atoms with Crippen LogP contribution in [0.1, 0.15) is 103 Å². The Bertz CT molecular complexity index is 3520. The first-order valence-electron chi connectivity index (χ1n) is 26.5. The van der Waals surface area contributed by atoms with Crippen LogP contribution in [-0.4, -0.2) is 0 Å². The summed E-state index contributed by atoms with van der Waals surface area (Å²) in [6.45, 7) is 21.7. The molecule has 10 aromatic carbocycles. The van der Waals surface area contributed by atoms with Gasteiger partial charge in [-0.15, -0.1) is 0 Å². The van der Waals surface area contributed by atoms with Gasteiger partial charge in [-0.05, 0) is 157 Å². The first kappa shape index (κ1) is 51.6. The molecule has 0 unspecified atom stereocenters. The van der Waals surface area contributed by atoms with E-state index in [1.165, 1.54) is 134 Å². The molecule has 0 atom stereocenters. The van der Waals surface area contributed by atoms with Gasteiger partial charge in [-0.3, -0.25) is 0 Å². The van der Waals surface area contributed by atoms with E-state index in [-0.39, 0.29) is 5.41 Å². The van der Waals surface area contributed by atoms with Crippen molar-refractivity contribution < 1.29 is 0 Å². The second-order valence-corrected chi connectivity index (χ2v) is 21.2. The van der Waals surface area contributed by atoms with Gasteiger partial charge in [0.25, 0.3) is 0 Å². The summed E-state index contributed by atoms with van der Waals surface area (Å²) in [5.41, 5.74) is 31.9. The second kappa shape index (κ2) is 22.8. The van der Waals surface area contributed by atoms with Crippen molar-refractivity contribution >= 4 is 23.3 Å². The van der Waals surface area contributed by atoms with Gasteiger partial charge >= 0.3 is 0 Å². The minimum absolute atomic E-state index is 0.142. The van der Waals surface area contributed by atoms with Crippen molar-refractivity contribution in [2.45, 2.75) is 74.7 Å². The van der Waals surface area contributed by atoms with E-state index in [9.17, 15) is 0 Å². The van der Waals surface area contributed by atoms with Crippen LogP contribution in [0.3, 0.4) is 0 Å². The lowest BCUT2D eigenvalue weighted by Crippen LogP contribution is -2.15. The number of benzene rings is 10. The third-order valence-corrected chi connectivity index (χ3v) is 14.6. The Kier molecular flexibility index (Phi) is 15.7. The number of hydrogen-bond donors (Lipinski definition) is 0. The van der Waals surface area contributed by atoms with E-state index in [0.29, 0.717) is 0 Å². The smallest absolute Gasteiger partial charge is 0.0159 e. The fraction of sp³-hybridized carbons (Fsp3) is 0.147. The molecule has 0 nitrogen and oxygen atoms in total. The SMILES string of the molecule is Cc1ccc(-c2ccc(C)cc2)cc1.Cc1ccc(/C=C2\c3ccccc3-c3ccc(C)cc32)cc1.Cc1ccc(C=C(c2ccccc2)c2ccc(C)cc2)cc1.Cc1ccc2c(c1)C(C)(C)c1cc(C)ccc1-2. The standard InChI is InChI=1S/C22H18.C22H20.C17H18.C14H14/c1-15-7-10-17(11-8-15)14-22-19-6-4-3-5-18(19)20-12-9-16(2)13-21(20)22;1-17-8-12-19(13-9-17)16-22(20-6-4-3-5-7-20)21-14-10-18(2)11-15-21;1-11-5-7-13-14-8-6-12(2)10-16(14)17(3,4)15(13)9-11;1-11-3-7-13(8-4-11)14-9-5-12(2)6-10-14/h3-14H,1-2H3;3-16H,1-2H3;5-10H,1-4H3;3-10H,1-2H3/b22-14+;;;. The zero-order chi connectivity index (χ0) is 52.6. The molecule has 0 radical (unpaired) electrons. The average molecular weight is 971 g/mol. The maximum atomic E-state index is 2.34. The average Bonchev–Trinajstić information content (AvgIpc) is 3.84. The van der Waals surface area contributed by atoms with Crippen LogP contribution in [0.2, 0.25) is 0 Å². The Balaban J connectivity index is 0.000000124. The van der Waals surface area contributed by atoms with E-state index in [1.54, 1.807) is 0 Å². The van der Waals surface area contributed by atoms with Crippen LogP contribution in [-0.2, 0) is 5.41 Å². The minimum atomic E-state index is 0.142. The summed E-state index contributed by atoms with van der Waals surface area (Å²) < 4.78 is 0. The largest absolute Gasteiger partial charge is 0.0622 e. The lowest BCUT2D eigenvalue weighted by Gasteiger charge is -2.22. The topological polar surface area (TPSA) is 0 Å². The summed E-state index contributed by atoms with van der Waals surface area (Å²) in [5, 5.41) is 0. The molecule has 0 heteroatoms. The number of aryl methyl sites for hydroxylation is 8. The Hall–Kier alpha value is -8.32. The van der Waals surface area contributed by atoms with Crippen LogP contribution < -0.4 is 0 Å². The first-order chi connectivity index (χ1) is 36.2. The van der Waals surface area contributed by atoms with Gasteiger partial charge in [0.15, 0.2) is 0 Å². The molecule has 2 aliphatic rings. The van der Waals surface area contributed by atoms with Gasteiger partial charge in [-0.1, -0.05) is 289 Å². The fourth-order valence-corrected chi connectivity index (χ4v) is 10.2. The highest BCUT2D eigenvalue weighted by molar-refractivity contribution is 6.06. The molecule has 0 spiro atoms. The predicted octanol–water partition coefficient (Wildman–Crippen LogP) is 20.3. The monoisotopic (exact) mass is 971 g/mol. The fourth-order valence-electron chi connectivity index (χ4n) is 10.2. The Morgan fingerprint density at radius 2 is 0.653 bits per heavy atom. The zero-order valence-corrected chi connectivity index (χ0v) is 45.6. The third kappa shape index (κ3) is 12.2. The maximum Gasteiger partial charge on any atom is 0.0159 e. The molecule has 0 N–H and O–H groups in total. The highest BCUT2D eigenvalue weighted by atomic mass is 14.4. The highest BCUT2D eigenvalue weighted by Crippen LogP contribution is 2.49. The Morgan fingerprint density at radius 3 is 1.15 bits per heavy atom. The number of hydrogen-bond acceptors (Lipinski definition) is 0. The summed E-state index contributed by atoms with van der Waals surface area (Å²) in [5.74, 6) is 0. The van der Waals surface area contributed by atoms with E-state index < -0.39 is 0 Å². The van der Waals surface area contributed by atoms with Crippen LogP contribution in [0, 0.1) is 55.4 Å². The molecular formula is C75H70. The summed E-state index contributed by atoms with van der Waals surface area (Å²) in [6, 6.07) is 83.0. The molecule has 12 rings (SSSR count). The Morgan fingerprint density at radius 1 is 0.293 bits per heavy atom. The zero-order valence-electron chi connectivity index (χ0n) is 45.6. The summed E-state index contributed by atoms with van der Waals surface area (Å²) >= 11 is 0. The number of rotatable bonds is 5. The highest BCUT2D eigenvalue weighted by Gasteiger charge is 2.35. The molecular weight excluding hydrogens is 901 g/mol. The van der Waals surface area contributed by atoms with Crippen molar-refractivity contribution in [3.05, 3.63) is 320 Å². The Labute approximate surface area is 448 Å². The van der Waals surface area contributed by atoms with Crippen molar-refractivity contribution in [2.75, 3.05) is 0 Å². The van der Waals surface area contributed by atoms with Crippen molar-refractivity contribution in [3.8, 4) is 33.4 Å². The van der Waals surface area contributed by atoms with Crippen molar-refractivity contribution in [3.63, 3.8) is 0 Å². The van der Waals surface area contributed by atoms with E-state index >= 15 is 0 Å². The molecule has 0 saturated carbocycles. The molecule has 370 valence electrons. The van der Waals surface area contributed by atoms with Gasteiger partial charge in [-0.2, -0.15) is 0 Å². The minimum Gasteiger partial charge on any atom is -0.0622 e. The van der Waals surface area contributed by atoms with Gasteiger partial charge in [0.05, 0.1) is 0 Å². The van der Waals surface area contributed by atoms with E-state index in [2.05, 4.69) is 312 Å². The van der Waals surface area contributed by atoms with Crippen molar-refractivity contribution in [1.82, 2.24) is 0 Å². The van der Waals surface area contributed by atoms with Gasteiger partial charge in [-0.25, -0.2) is 0 Å². The first-order valence-corrected chi connectivity index (χ1v) is 26.5. The molecule has 0 fully saturated rings. The number of fused-ring (bicyclic) bond motifs is 6. The van der Waals surface area contributed by atoms with Gasteiger partial charge in [0.1, 0.15) is 0 Å². The van der Waals surface area contributed by atoms with E-state index in [4.69, 9.17) is 0 Å². The van der Waals surface area contributed by atoms with Gasteiger partial charge in [0, 0.05) is 5.41 Å². The molecule has 0 bridgehead atoms. The van der Waals surface area contributed by atoms with Gasteiger partial charge in [0.2, 0.25) is 0 Å². The summed E-state index contributed by atoms with van der Waals surface area (Å²) in [6.07, 6.45) is 4.57. The summed E-state index contributed by atoms with van der Waals surface area (Å²) in [7, 11) is 0. The molecule has 0 heterocycles. The molecule has 0 saturated heterocycles. The molecule has 75 heavy (non-hydrogen) atoms. The van der Waals surface area contributed by atoms with E-state index in [0.717, 1.165) is 0 Å². The molecule has 0 amide bonds. The lowest BCUT2D eigenvalue weighted by molar-refractivity contribution is 0.659. The lowest BCUT2D eigenvalue weighted by atomic mass is 9.81. The van der Waals surface area contributed by atoms with Crippen molar-refractivity contribution in [2.24, 2.45) is 0 Å². The predicted molar refractivity (Wildman–Crippen MR) is 325 cm³/mol. The second-order valence-electron chi connectivity index (χ2n) is 21.2. The van der Waals surface area contributed by atoms with Crippen LogP contribution in [0.5, 0.6) is 0 Å². The van der Waals surface area contributed by atoms with E-state index in [1.807, 2.05) is 0 Å². The normalized spacial score (nSPS) is 12.9.